The van der Waals surface area contributed by atoms with Crippen molar-refractivity contribution in [2.75, 3.05) is 6.61 Å². The largest absolute Gasteiger partial charge is 0.482 e. The predicted molar refractivity (Wildman–Crippen MR) is 118 cm³/mol. The second-order valence-corrected chi connectivity index (χ2v) is 7.01. The van der Waals surface area contributed by atoms with Gasteiger partial charge in [0.25, 0.3) is 5.56 Å². The lowest BCUT2D eigenvalue weighted by molar-refractivity contribution is -0.153. The number of fused-ring (bicyclic) bond motifs is 1. The van der Waals surface area contributed by atoms with Gasteiger partial charge in [-0.25, -0.2) is 9.97 Å². The van der Waals surface area contributed by atoms with Gasteiger partial charge in [-0.1, -0.05) is 0 Å². The molecule has 0 saturated carbocycles. The molecule has 4 rings (SSSR count). The number of benzene rings is 1. The number of ether oxygens (including phenoxy) is 1. The number of aromatic nitrogens is 6. The van der Waals surface area contributed by atoms with Gasteiger partial charge in [-0.2, -0.15) is 28.2 Å². The maximum atomic E-state index is 13.2. The van der Waals surface area contributed by atoms with Crippen LogP contribution in [0, 0.1) is 0 Å². The predicted octanol–water partition coefficient (Wildman–Crippen LogP) is 3.36. The van der Waals surface area contributed by atoms with E-state index in [9.17, 15) is 22.8 Å². The van der Waals surface area contributed by atoms with Crippen LogP contribution in [-0.4, -0.2) is 48.1 Å². The smallest absolute Gasteiger partial charge is 0.422 e. The van der Waals surface area contributed by atoms with Gasteiger partial charge in [0.1, 0.15) is 18.1 Å². The molecule has 1 aromatic carbocycles. The molecule has 178 valence electrons. The van der Waals surface area contributed by atoms with E-state index in [2.05, 4.69) is 20.2 Å². The summed E-state index contributed by atoms with van der Waals surface area (Å²) in [6.45, 7) is -1.82. The number of hydrogen-bond acceptors (Lipinski definition) is 7. The molecule has 9 nitrogen and oxygen atoms in total. The SMILES string of the molecule is Cl.O=C(Cn1nccn1)c1ccc(OCC(F)(F)F)c(-n2c(CCl)nc3ncccc3c2=O)c1. The molecule has 0 fully saturated rings. The Hall–Kier alpha value is -3.51. The zero-order chi connectivity index (χ0) is 23.6. The Bertz CT molecular complexity index is 1380. The number of rotatable bonds is 7. The fourth-order valence-electron chi connectivity index (χ4n) is 3.09. The van der Waals surface area contributed by atoms with Crippen LogP contribution in [0.15, 0.2) is 53.7 Å². The van der Waals surface area contributed by atoms with Gasteiger partial charge in [-0.05, 0) is 30.3 Å². The minimum absolute atomic E-state index is 0. The molecule has 3 aromatic heterocycles. The molecule has 0 atom stereocenters. The topological polar surface area (TPSA) is 105 Å². The number of alkyl halides is 4. The molecule has 0 aliphatic rings. The first-order valence-electron chi connectivity index (χ1n) is 9.41. The number of ketones is 1. The van der Waals surface area contributed by atoms with E-state index in [1.807, 2.05) is 0 Å². The lowest BCUT2D eigenvalue weighted by Crippen LogP contribution is -2.26. The highest BCUT2D eigenvalue weighted by Crippen LogP contribution is 2.28. The summed E-state index contributed by atoms with van der Waals surface area (Å²) in [6.07, 6.45) is -0.386. The zero-order valence-electron chi connectivity index (χ0n) is 17.1. The fraction of sp³-hybridized carbons (Fsp3) is 0.200. The molecular formula is C20H15Cl2F3N6O3. The highest BCUT2D eigenvalue weighted by atomic mass is 35.5. The third kappa shape index (κ3) is 5.34. The fourth-order valence-corrected chi connectivity index (χ4v) is 3.27. The molecule has 0 aliphatic heterocycles. The molecule has 0 saturated heterocycles. The van der Waals surface area contributed by atoms with Crippen LogP contribution in [0.5, 0.6) is 5.75 Å². The molecule has 14 heteroatoms. The summed E-state index contributed by atoms with van der Waals surface area (Å²) in [5.41, 5.74) is -0.513. The quantitative estimate of drug-likeness (QED) is 0.275. The number of Topliss-reactive ketones (excluding diaryl/α,β-unsaturated/α-hetero) is 1. The van der Waals surface area contributed by atoms with Crippen molar-refractivity contribution in [3.05, 3.63) is 70.7 Å². The molecule has 0 spiro atoms. The van der Waals surface area contributed by atoms with E-state index in [4.69, 9.17) is 16.3 Å². The molecule has 0 N–H and O–H groups in total. The summed E-state index contributed by atoms with van der Waals surface area (Å²) < 4.78 is 44.4. The molecule has 0 amide bonds. The Morgan fingerprint density at radius 3 is 2.53 bits per heavy atom. The molecule has 4 aromatic rings. The molecule has 34 heavy (non-hydrogen) atoms. The van der Waals surface area contributed by atoms with Gasteiger partial charge < -0.3 is 4.74 Å². The first kappa shape index (κ1) is 25.1. The summed E-state index contributed by atoms with van der Waals surface area (Å²) in [6, 6.07) is 6.72. The van der Waals surface area contributed by atoms with Crippen molar-refractivity contribution in [3.63, 3.8) is 0 Å². The maximum Gasteiger partial charge on any atom is 0.422 e. The van der Waals surface area contributed by atoms with Gasteiger partial charge in [0.2, 0.25) is 0 Å². The summed E-state index contributed by atoms with van der Waals surface area (Å²) in [5, 5.41) is 7.83. The van der Waals surface area contributed by atoms with E-state index < -0.39 is 24.1 Å². The van der Waals surface area contributed by atoms with Crippen molar-refractivity contribution in [3.8, 4) is 11.4 Å². The highest BCUT2D eigenvalue weighted by molar-refractivity contribution is 6.16. The van der Waals surface area contributed by atoms with Crippen LogP contribution in [0.1, 0.15) is 16.2 Å². The summed E-state index contributed by atoms with van der Waals surface area (Å²) >= 11 is 6.00. The first-order chi connectivity index (χ1) is 15.8. The number of carbonyl (C=O) groups is 1. The van der Waals surface area contributed by atoms with Gasteiger partial charge in [0, 0.05) is 11.8 Å². The van der Waals surface area contributed by atoms with Crippen LogP contribution in [0.3, 0.4) is 0 Å². The molecule has 0 bridgehead atoms. The van der Waals surface area contributed by atoms with Crippen LogP contribution in [0.2, 0.25) is 0 Å². The van der Waals surface area contributed by atoms with E-state index in [-0.39, 0.29) is 58.7 Å². The van der Waals surface area contributed by atoms with Gasteiger partial charge >= 0.3 is 6.18 Å². The van der Waals surface area contributed by atoms with Crippen LogP contribution in [0.4, 0.5) is 13.2 Å². The van der Waals surface area contributed by atoms with Crippen molar-refractivity contribution in [1.29, 1.82) is 0 Å². The minimum atomic E-state index is -4.62. The van der Waals surface area contributed by atoms with Gasteiger partial charge in [0.15, 0.2) is 18.0 Å². The zero-order valence-corrected chi connectivity index (χ0v) is 18.6. The van der Waals surface area contributed by atoms with Gasteiger partial charge in [0.05, 0.1) is 29.3 Å². The summed E-state index contributed by atoms with van der Waals surface area (Å²) in [4.78, 5) is 35.4. The van der Waals surface area contributed by atoms with Gasteiger partial charge in [-0.15, -0.1) is 24.0 Å². The second kappa shape index (κ2) is 10.2. The number of carbonyl (C=O) groups excluding carboxylic acids is 1. The Labute approximate surface area is 200 Å². The maximum absolute atomic E-state index is 13.2. The summed E-state index contributed by atoms with van der Waals surface area (Å²) in [5.74, 6) is -0.955. The molecule has 0 radical (unpaired) electrons. The van der Waals surface area contributed by atoms with Crippen LogP contribution < -0.4 is 10.3 Å². The minimum Gasteiger partial charge on any atom is -0.482 e. The lowest BCUT2D eigenvalue weighted by Gasteiger charge is -2.18. The van der Waals surface area contributed by atoms with Crippen LogP contribution in [0.25, 0.3) is 16.7 Å². The monoisotopic (exact) mass is 514 g/mol. The van der Waals surface area contributed by atoms with E-state index in [1.54, 1.807) is 0 Å². The van der Waals surface area contributed by atoms with E-state index >= 15 is 0 Å². The number of nitrogens with zero attached hydrogens (tertiary/aromatic N) is 6. The number of halogens is 5. The van der Waals surface area contributed by atoms with E-state index in [0.29, 0.717) is 0 Å². The van der Waals surface area contributed by atoms with Crippen LogP contribution >= 0.6 is 24.0 Å². The first-order valence-corrected chi connectivity index (χ1v) is 9.94. The van der Waals surface area contributed by atoms with E-state index in [0.717, 1.165) is 9.36 Å². The average Bonchev–Trinajstić information content (AvgIpc) is 3.30. The van der Waals surface area contributed by atoms with Crippen molar-refractivity contribution < 1.29 is 22.7 Å². The van der Waals surface area contributed by atoms with E-state index in [1.165, 1.54) is 48.9 Å². The Morgan fingerprint density at radius 1 is 1.12 bits per heavy atom. The second-order valence-electron chi connectivity index (χ2n) is 6.75. The highest BCUT2D eigenvalue weighted by Gasteiger charge is 2.29. The average molecular weight is 515 g/mol. The summed E-state index contributed by atoms with van der Waals surface area (Å²) in [7, 11) is 0. The van der Waals surface area contributed by atoms with Crippen molar-refractivity contribution in [1.82, 2.24) is 29.5 Å². The lowest BCUT2D eigenvalue weighted by atomic mass is 10.1. The molecule has 0 aliphatic carbocycles. The standard InChI is InChI=1S/C20H14ClF3N6O3.ClH/c21-9-17-28-18-13(2-1-5-25-18)19(32)30(17)14-8-12(15(31)10-29-26-6-7-27-29)3-4-16(14)33-11-20(22,23)24;/h1-8H,9-11H2;1H. The number of pyridine rings is 1. The molecular weight excluding hydrogens is 500 g/mol. The van der Waals surface area contributed by atoms with Crippen molar-refractivity contribution >= 4 is 40.8 Å². The Morgan fingerprint density at radius 2 is 1.85 bits per heavy atom. The van der Waals surface area contributed by atoms with Crippen molar-refractivity contribution in [2.45, 2.75) is 18.6 Å². The third-order valence-electron chi connectivity index (χ3n) is 4.50. The third-order valence-corrected chi connectivity index (χ3v) is 4.74. The number of hydrogen-bond donors (Lipinski definition) is 0. The van der Waals surface area contributed by atoms with Crippen LogP contribution in [-0.2, 0) is 12.4 Å². The van der Waals surface area contributed by atoms with Gasteiger partial charge in [-0.3, -0.25) is 14.2 Å². The molecule has 3 heterocycles. The molecule has 0 unspecified atom stereocenters. The normalized spacial score (nSPS) is 11.3. The Balaban J connectivity index is 0.00000324. The van der Waals surface area contributed by atoms with Crippen molar-refractivity contribution in [2.24, 2.45) is 0 Å². The Kier molecular flexibility index (Phi) is 7.52.